The average molecular weight is 388 g/mol. The van der Waals surface area contributed by atoms with Gasteiger partial charge in [-0.2, -0.15) is 0 Å². The summed E-state index contributed by atoms with van der Waals surface area (Å²) in [6.07, 6.45) is 1.80. The second-order valence-corrected chi connectivity index (χ2v) is 6.94. The number of rotatable bonds is 6. The number of benzene rings is 2. The van der Waals surface area contributed by atoms with Gasteiger partial charge in [0.2, 0.25) is 5.91 Å². The number of nitrogens with one attached hydrogen (secondary N) is 1. The molecule has 7 heteroatoms. The molecule has 0 aliphatic rings. The van der Waals surface area contributed by atoms with Gasteiger partial charge in [-0.3, -0.25) is 4.79 Å². The van der Waals surface area contributed by atoms with Crippen molar-refractivity contribution in [3.8, 4) is 17.0 Å². The number of hydrogen-bond donors (Lipinski definition) is 1. The van der Waals surface area contributed by atoms with Crippen molar-refractivity contribution in [2.75, 3.05) is 18.2 Å². The molecule has 0 saturated heterocycles. The monoisotopic (exact) mass is 387 g/mol. The number of nitrogens with zero attached hydrogens (tertiary/aromatic N) is 2. The first kappa shape index (κ1) is 18.4. The Bertz CT molecular complexity index is 892. The highest BCUT2D eigenvalue weighted by atomic mass is 35.5. The highest BCUT2D eigenvalue weighted by Crippen LogP contribution is 2.26. The lowest BCUT2D eigenvalue weighted by molar-refractivity contribution is -0.113. The molecular weight excluding hydrogens is 370 g/mol. The third-order valence-corrected chi connectivity index (χ3v) is 5.09. The van der Waals surface area contributed by atoms with Crippen LogP contribution in [0.5, 0.6) is 5.75 Å². The fourth-order valence-electron chi connectivity index (χ4n) is 2.42. The van der Waals surface area contributed by atoms with Gasteiger partial charge in [0.05, 0.1) is 24.8 Å². The zero-order valence-electron chi connectivity index (χ0n) is 14.4. The summed E-state index contributed by atoms with van der Waals surface area (Å²) in [6.45, 7) is 0. The molecule has 0 atom stereocenters. The van der Waals surface area contributed by atoms with Gasteiger partial charge in [-0.05, 0) is 42.0 Å². The number of methoxy groups -OCH3 is 1. The molecule has 1 aromatic heterocycles. The number of ether oxygens (including phenoxy) is 1. The molecule has 2 aromatic carbocycles. The number of halogens is 1. The second kappa shape index (κ2) is 8.29. The molecule has 0 unspecified atom stereocenters. The lowest BCUT2D eigenvalue weighted by Crippen LogP contribution is -2.14. The molecule has 0 bridgehead atoms. The summed E-state index contributed by atoms with van der Waals surface area (Å²) in [4.78, 5) is 16.6. The van der Waals surface area contributed by atoms with Gasteiger partial charge >= 0.3 is 0 Å². The highest BCUT2D eigenvalue weighted by molar-refractivity contribution is 7.99. The van der Waals surface area contributed by atoms with Crippen LogP contribution >= 0.6 is 23.4 Å². The van der Waals surface area contributed by atoms with Crippen LogP contribution in [-0.2, 0) is 11.8 Å². The molecule has 0 aliphatic carbocycles. The Morgan fingerprint density at radius 1 is 1.19 bits per heavy atom. The molecule has 1 amide bonds. The minimum atomic E-state index is -0.0868. The Morgan fingerprint density at radius 3 is 2.54 bits per heavy atom. The summed E-state index contributed by atoms with van der Waals surface area (Å²) in [5, 5.41) is 4.33. The molecule has 0 aliphatic heterocycles. The molecule has 134 valence electrons. The Morgan fingerprint density at radius 2 is 1.88 bits per heavy atom. The lowest BCUT2D eigenvalue weighted by Gasteiger charge is -2.07. The van der Waals surface area contributed by atoms with Crippen molar-refractivity contribution < 1.29 is 9.53 Å². The number of anilines is 1. The summed E-state index contributed by atoms with van der Waals surface area (Å²) in [5.74, 6) is 0.938. The molecule has 0 radical (unpaired) electrons. The lowest BCUT2D eigenvalue weighted by atomic mass is 10.2. The van der Waals surface area contributed by atoms with E-state index in [9.17, 15) is 4.79 Å². The van der Waals surface area contributed by atoms with E-state index in [1.54, 1.807) is 37.6 Å². The van der Waals surface area contributed by atoms with Crippen molar-refractivity contribution in [1.29, 1.82) is 0 Å². The van der Waals surface area contributed by atoms with Crippen LogP contribution in [0.2, 0.25) is 5.02 Å². The third-order valence-electron chi connectivity index (χ3n) is 3.79. The van der Waals surface area contributed by atoms with Crippen molar-refractivity contribution in [3.63, 3.8) is 0 Å². The fourth-order valence-corrected chi connectivity index (χ4v) is 3.29. The average Bonchev–Trinajstić information content (AvgIpc) is 3.02. The van der Waals surface area contributed by atoms with E-state index < -0.39 is 0 Å². The maximum atomic E-state index is 12.2. The van der Waals surface area contributed by atoms with E-state index in [1.807, 2.05) is 35.9 Å². The summed E-state index contributed by atoms with van der Waals surface area (Å²) < 4.78 is 7.07. The van der Waals surface area contributed by atoms with Crippen molar-refractivity contribution in [1.82, 2.24) is 9.55 Å². The van der Waals surface area contributed by atoms with Crippen molar-refractivity contribution in [2.45, 2.75) is 5.16 Å². The number of imidazole rings is 1. The van der Waals surface area contributed by atoms with Crippen LogP contribution in [0.15, 0.2) is 59.9 Å². The molecule has 1 N–H and O–H groups in total. The molecular formula is C19H18ClN3O2S. The van der Waals surface area contributed by atoms with E-state index in [1.165, 1.54) is 11.8 Å². The Kier molecular flexibility index (Phi) is 5.85. The van der Waals surface area contributed by atoms with E-state index in [0.29, 0.717) is 5.02 Å². The molecule has 0 spiro atoms. The van der Waals surface area contributed by atoms with Gasteiger partial charge in [0, 0.05) is 17.8 Å². The molecule has 0 fully saturated rings. The van der Waals surface area contributed by atoms with Gasteiger partial charge in [0.15, 0.2) is 5.16 Å². The van der Waals surface area contributed by atoms with Crippen LogP contribution in [-0.4, -0.2) is 28.3 Å². The first-order chi connectivity index (χ1) is 12.6. The maximum Gasteiger partial charge on any atom is 0.234 e. The van der Waals surface area contributed by atoms with Crippen LogP contribution in [0.1, 0.15) is 0 Å². The number of hydrogen-bond acceptors (Lipinski definition) is 4. The fraction of sp³-hybridized carbons (Fsp3) is 0.158. The summed E-state index contributed by atoms with van der Waals surface area (Å²) in [7, 11) is 3.54. The van der Waals surface area contributed by atoms with Crippen molar-refractivity contribution >= 4 is 35.0 Å². The minimum absolute atomic E-state index is 0.0868. The molecule has 1 heterocycles. The Labute approximate surface area is 161 Å². The van der Waals surface area contributed by atoms with E-state index in [2.05, 4.69) is 10.3 Å². The minimum Gasteiger partial charge on any atom is -0.497 e. The standard InChI is InChI=1S/C19H18ClN3O2S/c1-23-17(13-3-5-14(20)6-4-13)11-21-19(23)26-12-18(24)22-15-7-9-16(25-2)10-8-15/h3-11H,12H2,1-2H3,(H,22,24). The van der Waals surface area contributed by atoms with Crippen LogP contribution in [0, 0.1) is 0 Å². The van der Waals surface area contributed by atoms with Crippen LogP contribution < -0.4 is 10.1 Å². The molecule has 26 heavy (non-hydrogen) atoms. The Hall–Kier alpha value is -2.44. The van der Waals surface area contributed by atoms with E-state index in [-0.39, 0.29) is 11.7 Å². The first-order valence-electron chi connectivity index (χ1n) is 7.91. The van der Waals surface area contributed by atoms with Gasteiger partial charge in [-0.1, -0.05) is 35.5 Å². The molecule has 0 saturated carbocycles. The molecule has 3 aromatic rings. The SMILES string of the molecule is COc1ccc(NC(=O)CSc2ncc(-c3ccc(Cl)cc3)n2C)cc1. The molecule has 3 rings (SSSR count). The van der Waals surface area contributed by atoms with Gasteiger partial charge in [0.1, 0.15) is 5.75 Å². The van der Waals surface area contributed by atoms with Crippen LogP contribution in [0.4, 0.5) is 5.69 Å². The topological polar surface area (TPSA) is 56.1 Å². The zero-order chi connectivity index (χ0) is 18.5. The van der Waals surface area contributed by atoms with Gasteiger partial charge in [-0.25, -0.2) is 4.98 Å². The van der Waals surface area contributed by atoms with Crippen LogP contribution in [0.25, 0.3) is 11.3 Å². The zero-order valence-corrected chi connectivity index (χ0v) is 16.0. The van der Waals surface area contributed by atoms with Gasteiger partial charge < -0.3 is 14.6 Å². The number of amides is 1. The number of carbonyl (C=O) groups excluding carboxylic acids is 1. The normalized spacial score (nSPS) is 10.6. The third kappa shape index (κ3) is 4.39. The van der Waals surface area contributed by atoms with Gasteiger partial charge in [0.25, 0.3) is 0 Å². The summed E-state index contributed by atoms with van der Waals surface area (Å²) in [6, 6.07) is 14.8. The number of thioether (sulfide) groups is 1. The van der Waals surface area contributed by atoms with E-state index >= 15 is 0 Å². The highest BCUT2D eigenvalue weighted by Gasteiger charge is 2.11. The van der Waals surface area contributed by atoms with Crippen molar-refractivity contribution in [3.05, 3.63) is 59.8 Å². The predicted octanol–water partition coefficient (Wildman–Crippen LogP) is 4.48. The quantitative estimate of drug-likeness (QED) is 0.633. The maximum absolute atomic E-state index is 12.2. The number of aromatic nitrogens is 2. The first-order valence-corrected chi connectivity index (χ1v) is 9.27. The van der Waals surface area contributed by atoms with Crippen LogP contribution in [0.3, 0.4) is 0 Å². The van der Waals surface area contributed by atoms with E-state index in [0.717, 1.165) is 27.9 Å². The summed E-state index contributed by atoms with van der Waals surface area (Å²) in [5.41, 5.74) is 2.73. The van der Waals surface area contributed by atoms with Crippen molar-refractivity contribution in [2.24, 2.45) is 7.05 Å². The second-order valence-electron chi connectivity index (χ2n) is 5.56. The Balaban J connectivity index is 1.60. The predicted molar refractivity (Wildman–Crippen MR) is 106 cm³/mol. The summed E-state index contributed by atoms with van der Waals surface area (Å²) >= 11 is 7.32. The van der Waals surface area contributed by atoms with E-state index in [4.69, 9.17) is 16.3 Å². The van der Waals surface area contributed by atoms with Gasteiger partial charge in [-0.15, -0.1) is 0 Å². The number of carbonyl (C=O) groups is 1. The smallest absolute Gasteiger partial charge is 0.234 e. The molecule has 5 nitrogen and oxygen atoms in total. The largest absolute Gasteiger partial charge is 0.497 e.